The third-order valence-corrected chi connectivity index (χ3v) is 4.06. The Balaban J connectivity index is 1.66. The van der Waals surface area contributed by atoms with Crippen molar-refractivity contribution in [3.63, 3.8) is 0 Å². The highest BCUT2D eigenvalue weighted by Gasteiger charge is 2.12. The molecule has 1 aromatic rings. The zero-order chi connectivity index (χ0) is 12.8. The molecule has 0 radical (unpaired) electrons. The molecule has 0 amide bonds. The molecule has 3 heteroatoms. The van der Waals surface area contributed by atoms with E-state index in [0.29, 0.717) is 6.04 Å². The van der Waals surface area contributed by atoms with Gasteiger partial charge in [-0.25, -0.2) is 4.98 Å². The van der Waals surface area contributed by atoms with Crippen molar-refractivity contribution in [1.29, 1.82) is 0 Å². The highest BCUT2D eigenvalue weighted by Crippen LogP contribution is 2.25. The van der Waals surface area contributed by atoms with Gasteiger partial charge in [-0.2, -0.15) is 0 Å². The molecular weight excluding hydrogens is 222 g/mol. The number of hydrogen-bond acceptors (Lipinski definition) is 2. The second-order valence-electron chi connectivity index (χ2n) is 5.86. The molecule has 1 fully saturated rings. The largest absolute Gasteiger partial charge is 0.331 e. The van der Waals surface area contributed by atoms with Crippen LogP contribution in [0.15, 0.2) is 12.5 Å². The fourth-order valence-electron chi connectivity index (χ4n) is 2.93. The molecule has 0 atom stereocenters. The van der Waals surface area contributed by atoms with Gasteiger partial charge < -0.3 is 9.88 Å². The lowest BCUT2D eigenvalue weighted by atomic mass is 9.87. The van der Waals surface area contributed by atoms with Gasteiger partial charge in [-0.3, -0.25) is 0 Å². The van der Waals surface area contributed by atoms with Crippen LogP contribution in [0.4, 0.5) is 0 Å². The van der Waals surface area contributed by atoms with Crippen LogP contribution in [0.2, 0.25) is 0 Å². The number of rotatable bonds is 6. The molecule has 0 unspecified atom stereocenters. The van der Waals surface area contributed by atoms with Gasteiger partial charge in [0.1, 0.15) is 0 Å². The third kappa shape index (κ3) is 3.84. The molecule has 0 spiro atoms. The van der Waals surface area contributed by atoms with Gasteiger partial charge in [0.2, 0.25) is 0 Å². The van der Waals surface area contributed by atoms with E-state index in [9.17, 15) is 0 Å². The average molecular weight is 249 g/mol. The van der Waals surface area contributed by atoms with Crippen molar-refractivity contribution in [3.05, 3.63) is 18.2 Å². The Morgan fingerprint density at radius 3 is 2.83 bits per heavy atom. The summed E-state index contributed by atoms with van der Waals surface area (Å²) in [5.41, 5.74) is 1.30. The maximum atomic E-state index is 4.23. The van der Waals surface area contributed by atoms with Crippen LogP contribution >= 0.6 is 0 Å². The van der Waals surface area contributed by atoms with E-state index in [2.05, 4.69) is 28.7 Å². The van der Waals surface area contributed by atoms with E-state index in [1.54, 1.807) is 0 Å². The molecule has 102 valence electrons. The predicted octanol–water partition coefficient (Wildman–Crippen LogP) is 3.52. The molecular formula is C15H27N3. The predicted molar refractivity (Wildman–Crippen MR) is 75.5 cm³/mol. The molecule has 1 saturated carbocycles. The maximum absolute atomic E-state index is 4.23. The maximum Gasteiger partial charge on any atom is 0.0951 e. The second kappa shape index (κ2) is 6.93. The summed E-state index contributed by atoms with van der Waals surface area (Å²) in [5.74, 6) is 0.973. The fourth-order valence-corrected chi connectivity index (χ4v) is 2.93. The summed E-state index contributed by atoms with van der Waals surface area (Å²) in [6.45, 7) is 6.50. The molecule has 0 aliphatic heterocycles. The van der Waals surface area contributed by atoms with Gasteiger partial charge in [0, 0.05) is 18.8 Å². The van der Waals surface area contributed by atoms with Crippen LogP contribution in [-0.4, -0.2) is 16.1 Å². The van der Waals surface area contributed by atoms with Crippen LogP contribution in [-0.2, 0) is 6.54 Å². The molecule has 1 N–H and O–H groups in total. The van der Waals surface area contributed by atoms with Crippen LogP contribution in [0.5, 0.6) is 0 Å². The molecule has 1 aliphatic rings. The molecule has 0 aromatic carbocycles. The third-order valence-electron chi connectivity index (χ3n) is 4.06. The Kier molecular flexibility index (Phi) is 5.24. The Hall–Kier alpha value is -0.830. The number of aromatic nitrogens is 2. The summed E-state index contributed by atoms with van der Waals surface area (Å²) in [7, 11) is 0. The van der Waals surface area contributed by atoms with Crippen molar-refractivity contribution < 1.29 is 0 Å². The first kappa shape index (κ1) is 13.6. The SMILES string of the molecule is CC(C)n1cncc1CNCCC1CCCCC1. The lowest BCUT2D eigenvalue weighted by molar-refractivity contribution is 0.333. The van der Waals surface area contributed by atoms with Gasteiger partial charge in [0.05, 0.1) is 12.0 Å². The van der Waals surface area contributed by atoms with E-state index in [-0.39, 0.29) is 0 Å². The van der Waals surface area contributed by atoms with E-state index >= 15 is 0 Å². The monoisotopic (exact) mass is 249 g/mol. The average Bonchev–Trinajstić information content (AvgIpc) is 2.84. The van der Waals surface area contributed by atoms with E-state index < -0.39 is 0 Å². The Labute approximate surface area is 111 Å². The summed E-state index contributed by atoms with van der Waals surface area (Å²) in [6, 6.07) is 0.502. The van der Waals surface area contributed by atoms with Crippen LogP contribution in [0, 0.1) is 5.92 Å². The number of nitrogens with zero attached hydrogens (tertiary/aromatic N) is 2. The number of imidazole rings is 1. The molecule has 1 aliphatic carbocycles. The molecule has 3 nitrogen and oxygen atoms in total. The first-order chi connectivity index (χ1) is 8.77. The van der Waals surface area contributed by atoms with Gasteiger partial charge in [0.25, 0.3) is 0 Å². The van der Waals surface area contributed by atoms with Crippen molar-refractivity contribution in [3.8, 4) is 0 Å². The summed E-state index contributed by atoms with van der Waals surface area (Å²) in [5, 5.41) is 3.57. The molecule has 0 bridgehead atoms. The Morgan fingerprint density at radius 2 is 2.11 bits per heavy atom. The van der Waals surface area contributed by atoms with Crippen LogP contribution < -0.4 is 5.32 Å². The van der Waals surface area contributed by atoms with Crippen molar-refractivity contribution in [2.75, 3.05) is 6.54 Å². The molecule has 2 rings (SSSR count). The van der Waals surface area contributed by atoms with E-state index in [4.69, 9.17) is 0 Å². The minimum Gasteiger partial charge on any atom is -0.331 e. The Morgan fingerprint density at radius 1 is 1.33 bits per heavy atom. The Bertz CT molecular complexity index is 337. The van der Waals surface area contributed by atoms with E-state index in [0.717, 1.165) is 19.0 Å². The number of nitrogens with one attached hydrogen (secondary N) is 1. The highest BCUT2D eigenvalue weighted by molar-refractivity contribution is 4.99. The number of hydrogen-bond donors (Lipinski definition) is 1. The highest BCUT2D eigenvalue weighted by atomic mass is 15.1. The van der Waals surface area contributed by atoms with E-state index in [1.807, 2.05) is 12.5 Å². The molecule has 0 saturated heterocycles. The smallest absolute Gasteiger partial charge is 0.0951 e. The van der Waals surface area contributed by atoms with Gasteiger partial charge in [0.15, 0.2) is 0 Å². The molecule has 1 aromatic heterocycles. The van der Waals surface area contributed by atoms with Crippen molar-refractivity contribution in [1.82, 2.24) is 14.9 Å². The van der Waals surface area contributed by atoms with Gasteiger partial charge in [-0.05, 0) is 32.7 Å². The first-order valence-electron chi connectivity index (χ1n) is 7.49. The second-order valence-corrected chi connectivity index (χ2v) is 5.86. The minimum absolute atomic E-state index is 0.502. The molecule has 18 heavy (non-hydrogen) atoms. The summed E-state index contributed by atoms with van der Waals surface area (Å²) < 4.78 is 2.24. The van der Waals surface area contributed by atoms with Gasteiger partial charge >= 0.3 is 0 Å². The topological polar surface area (TPSA) is 29.9 Å². The van der Waals surface area contributed by atoms with Crippen LogP contribution in [0.1, 0.15) is 64.1 Å². The lowest BCUT2D eigenvalue weighted by Crippen LogP contribution is -2.21. The summed E-state index contributed by atoms with van der Waals surface area (Å²) in [6.07, 6.45) is 12.5. The summed E-state index contributed by atoms with van der Waals surface area (Å²) >= 11 is 0. The van der Waals surface area contributed by atoms with Crippen LogP contribution in [0.3, 0.4) is 0 Å². The van der Waals surface area contributed by atoms with Crippen molar-refractivity contribution in [2.45, 2.75) is 65.0 Å². The van der Waals surface area contributed by atoms with Gasteiger partial charge in [-0.1, -0.05) is 32.1 Å². The zero-order valence-corrected chi connectivity index (χ0v) is 11.9. The van der Waals surface area contributed by atoms with Gasteiger partial charge in [-0.15, -0.1) is 0 Å². The fraction of sp³-hybridized carbons (Fsp3) is 0.800. The normalized spacial score (nSPS) is 17.5. The van der Waals surface area contributed by atoms with Crippen molar-refractivity contribution in [2.24, 2.45) is 5.92 Å². The van der Waals surface area contributed by atoms with E-state index in [1.165, 1.54) is 44.2 Å². The molecule has 1 heterocycles. The standard InChI is InChI=1S/C15H27N3/c1-13(2)18-12-17-11-15(18)10-16-9-8-14-6-4-3-5-7-14/h11-14,16H,3-10H2,1-2H3. The first-order valence-corrected chi connectivity index (χ1v) is 7.49. The zero-order valence-electron chi connectivity index (χ0n) is 11.9. The van der Waals surface area contributed by atoms with Crippen molar-refractivity contribution >= 4 is 0 Å². The van der Waals surface area contributed by atoms with Crippen LogP contribution in [0.25, 0.3) is 0 Å². The summed E-state index contributed by atoms with van der Waals surface area (Å²) in [4.78, 5) is 4.23. The lowest BCUT2D eigenvalue weighted by Gasteiger charge is -2.21. The minimum atomic E-state index is 0.502. The quantitative estimate of drug-likeness (QED) is 0.782.